The normalized spacial score (nSPS) is 19.0. The van der Waals surface area contributed by atoms with E-state index in [1.807, 2.05) is 13.0 Å². The Bertz CT molecular complexity index is 456. The Balaban J connectivity index is 2.17. The first-order chi connectivity index (χ1) is 9.13. The highest BCUT2D eigenvalue weighted by atomic mass is 16.6. The van der Waals surface area contributed by atoms with E-state index in [2.05, 4.69) is 17.1 Å². The summed E-state index contributed by atoms with van der Waals surface area (Å²) < 4.78 is 0. The smallest absolute Gasteiger partial charge is 0.272 e. The summed E-state index contributed by atoms with van der Waals surface area (Å²) in [5, 5.41) is 14.3. The summed E-state index contributed by atoms with van der Waals surface area (Å²) in [6.07, 6.45) is 1.15. The van der Waals surface area contributed by atoms with Crippen molar-refractivity contribution in [3.05, 3.63) is 39.4 Å². The van der Waals surface area contributed by atoms with Gasteiger partial charge in [0.2, 0.25) is 0 Å². The van der Waals surface area contributed by atoms with Gasteiger partial charge in [-0.2, -0.15) is 0 Å². The Labute approximate surface area is 113 Å². The molecule has 1 aromatic rings. The Kier molecular flexibility index (Phi) is 4.50. The zero-order valence-corrected chi connectivity index (χ0v) is 11.6. The quantitative estimate of drug-likeness (QED) is 0.653. The standard InChI is InChI=1S/C14H21N3O2/c1-3-16(13-7-8-15-9-13)10-12-5-4-6-14(11(12)2)17(18)19/h4-6,13,15H,3,7-10H2,1-2H3. The van der Waals surface area contributed by atoms with E-state index >= 15 is 0 Å². The molecule has 19 heavy (non-hydrogen) atoms. The van der Waals surface area contributed by atoms with Crippen LogP contribution < -0.4 is 5.32 Å². The van der Waals surface area contributed by atoms with Crippen molar-refractivity contribution in [2.24, 2.45) is 0 Å². The van der Waals surface area contributed by atoms with Gasteiger partial charge in [0, 0.05) is 30.8 Å². The molecule has 1 aliphatic heterocycles. The van der Waals surface area contributed by atoms with Gasteiger partial charge in [-0.15, -0.1) is 0 Å². The van der Waals surface area contributed by atoms with Crippen LogP contribution in [0.5, 0.6) is 0 Å². The van der Waals surface area contributed by atoms with Gasteiger partial charge in [0.05, 0.1) is 4.92 Å². The minimum Gasteiger partial charge on any atom is -0.315 e. The zero-order valence-electron chi connectivity index (χ0n) is 11.6. The molecular formula is C14H21N3O2. The molecule has 1 saturated heterocycles. The van der Waals surface area contributed by atoms with Gasteiger partial charge in [0.25, 0.3) is 5.69 Å². The highest BCUT2D eigenvalue weighted by molar-refractivity contribution is 5.44. The molecule has 0 saturated carbocycles. The molecule has 0 aliphatic carbocycles. The number of nitro benzene ring substituents is 1. The molecule has 0 bridgehead atoms. The van der Waals surface area contributed by atoms with E-state index < -0.39 is 0 Å². The predicted molar refractivity (Wildman–Crippen MR) is 75.2 cm³/mol. The lowest BCUT2D eigenvalue weighted by Crippen LogP contribution is -2.36. The third-order valence-corrected chi connectivity index (χ3v) is 3.94. The van der Waals surface area contributed by atoms with Crippen LogP contribution in [-0.4, -0.2) is 35.5 Å². The summed E-state index contributed by atoms with van der Waals surface area (Å²) in [5.74, 6) is 0. The number of hydrogen-bond donors (Lipinski definition) is 1. The number of rotatable bonds is 5. The molecule has 0 aromatic heterocycles. The second-order valence-corrected chi connectivity index (χ2v) is 5.03. The van der Waals surface area contributed by atoms with Gasteiger partial charge in [-0.3, -0.25) is 15.0 Å². The van der Waals surface area contributed by atoms with Crippen molar-refractivity contribution in [2.45, 2.75) is 32.9 Å². The maximum atomic E-state index is 11.0. The molecule has 1 atom stereocenters. The minimum absolute atomic E-state index is 0.220. The first-order valence-electron chi connectivity index (χ1n) is 6.81. The number of nitrogens with one attached hydrogen (secondary N) is 1. The van der Waals surface area contributed by atoms with E-state index in [-0.39, 0.29) is 10.6 Å². The lowest BCUT2D eigenvalue weighted by molar-refractivity contribution is -0.385. The van der Waals surface area contributed by atoms with Crippen molar-refractivity contribution in [3.63, 3.8) is 0 Å². The Morgan fingerprint density at radius 1 is 1.53 bits per heavy atom. The van der Waals surface area contributed by atoms with Crippen LogP contribution in [0.15, 0.2) is 18.2 Å². The fraction of sp³-hybridized carbons (Fsp3) is 0.571. The highest BCUT2D eigenvalue weighted by Gasteiger charge is 2.22. The van der Waals surface area contributed by atoms with E-state index in [0.29, 0.717) is 6.04 Å². The molecule has 1 fully saturated rings. The first-order valence-corrected chi connectivity index (χ1v) is 6.81. The highest BCUT2D eigenvalue weighted by Crippen LogP contribution is 2.23. The van der Waals surface area contributed by atoms with E-state index in [1.165, 1.54) is 0 Å². The first kappa shape index (κ1) is 14.0. The summed E-state index contributed by atoms with van der Waals surface area (Å²) in [7, 11) is 0. The predicted octanol–water partition coefficient (Wildman–Crippen LogP) is 2.09. The second-order valence-electron chi connectivity index (χ2n) is 5.03. The molecule has 1 unspecified atom stereocenters. The van der Waals surface area contributed by atoms with E-state index in [0.717, 1.165) is 43.7 Å². The maximum absolute atomic E-state index is 11.0. The van der Waals surface area contributed by atoms with Crippen LogP contribution in [0.3, 0.4) is 0 Å². The van der Waals surface area contributed by atoms with Gasteiger partial charge in [0.15, 0.2) is 0 Å². The Morgan fingerprint density at radius 2 is 2.32 bits per heavy atom. The molecule has 2 rings (SSSR count). The molecule has 0 amide bonds. The van der Waals surface area contributed by atoms with Crippen LogP contribution in [0, 0.1) is 17.0 Å². The Morgan fingerprint density at radius 3 is 2.89 bits per heavy atom. The number of hydrogen-bond acceptors (Lipinski definition) is 4. The molecule has 1 heterocycles. The van der Waals surface area contributed by atoms with Crippen LogP contribution in [0.1, 0.15) is 24.5 Å². The fourth-order valence-corrected chi connectivity index (χ4v) is 2.71. The third kappa shape index (κ3) is 3.11. The molecule has 5 nitrogen and oxygen atoms in total. The van der Waals surface area contributed by atoms with Crippen molar-refractivity contribution >= 4 is 5.69 Å². The summed E-state index contributed by atoms with van der Waals surface area (Å²) in [5.41, 5.74) is 2.07. The Hall–Kier alpha value is -1.46. The van der Waals surface area contributed by atoms with Gasteiger partial charge >= 0.3 is 0 Å². The summed E-state index contributed by atoms with van der Waals surface area (Å²) in [6.45, 7) is 7.82. The van der Waals surface area contributed by atoms with Gasteiger partial charge in [-0.1, -0.05) is 19.1 Å². The van der Waals surface area contributed by atoms with Crippen molar-refractivity contribution in [1.29, 1.82) is 0 Å². The molecular weight excluding hydrogens is 242 g/mol. The monoisotopic (exact) mass is 263 g/mol. The third-order valence-electron chi connectivity index (χ3n) is 3.94. The van der Waals surface area contributed by atoms with Crippen molar-refractivity contribution < 1.29 is 4.92 Å². The van der Waals surface area contributed by atoms with E-state index in [1.54, 1.807) is 12.1 Å². The van der Waals surface area contributed by atoms with E-state index in [4.69, 9.17) is 0 Å². The SMILES string of the molecule is CCN(Cc1cccc([N+](=O)[O-])c1C)C1CCNC1. The largest absolute Gasteiger partial charge is 0.315 e. The topological polar surface area (TPSA) is 58.4 Å². The van der Waals surface area contributed by atoms with Crippen molar-refractivity contribution in [1.82, 2.24) is 10.2 Å². The average Bonchev–Trinajstić information content (AvgIpc) is 2.91. The lowest BCUT2D eigenvalue weighted by atomic mass is 10.1. The summed E-state index contributed by atoms with van der Waals surface area (Å²) >= 11 is 0. The second kappa shape index (κ2) is 6.12. The number of benzene rings is 1. The van der Waals surface area contributed by atoms with Crippen LogP contribution in [-0.2, 0) is 6.54 Å². The maximum Gasteiger partial charge on any atom is 0.272 e. The average molecular weight is 263 g/mol. The lowest BCUT2D eigenvalue weighted by Gasteiger charge is -2.27. The molecule has 1 N–H and O–H groups in total. The molecule has 104 valence electrons. The van der Waals surface area contributed by atoms with E-state index in [9.17, 15) is 10.1 Å². The molecule has 1 aromatic carbocycles. The number of nitro groups is 1. The van der Waals surface area contributed by atoms with Crippen molar-refractivity contribution in [2.75, 3.05) is 19.6 Å². The molecule has 5 heteroatoms. The van der Waals surface area contributed by atoms with Crippen LogP contribution in [0.2, 0.25) is 0 Å². The van der Waals surface area contributed by atoms with Gasteiger partial charge in [-0.25, -0.2) is 0 Å². The van der Waals surface area contributed by atoms with Crippen LogP contribution >= 0.6 is 0 Å². The summed E-state index contributed by atoms with van der Waals surface area (Å²) in [4.78, 5) is 13.1. The summed E-state index contributed by atoms with van der Waals surface area (Å²) in [6, 6.07) is 5.89. The van der Waals surface area contributed by atoms with Gasteiger partial charge in [-0.05, 0) is 32.0 Å². The van der Waals surface area contributed by atoms with Crippen molar-refractivity contribution in [3.8, 4) is 0 Å². The number of likely N-dealkylation sites (N-methyl/N-ethyl adjacent to an activating group) is 1. The van der Waals surface area contributed by atoms with Gasteiger partial charge < -0.3 is 5.32 Å². The van der Waals surface area contributed by atoms with Gasteiger partial charge in [0.1, 0.15) is 0 Å². The van der Waals surface area contributed by atoms with Crippen LogP contribution in [0.4, 0.5) is 5.69 Å². The molecule has 1 aliphatic rings. The fourth-order valence-electron chi connectivity index (χ4n) is 2.71. The number of nitrogens with zero attached hydrogens (tertiary/aromatic N) is 2. The van der Waals surface area contributed by atoms with Crippen LogP contribution in [0.25, 0.3) is 0 Å². The minimum atomic E-state index is -0.299. The molecule has 0 spiro atoms. The molecule has 0 radical (unpaired) electrons. The zero-order chi connectivity index (χ0) is 13.8.